The minimum Gasteiger partial charge on any atom is -0.422 e. The van der Waals surface area contributed by atoms with Crippen molar-refractivity contribution in [3.05, 3.63) is 46.3 Å². The summed E-state index contributed by atoms with van der Waals surface area (Å²) in [5.41, 5.74) is 0.0196. The van der Waals surface area contributed by atoms with Crippen LogP contribution in [0.3, 0.4) is 0 Å². The van der Waals surface area contributed by atoms with E-state index in [9.17, 15) is 9.59 Å². The van der Waals surface area contributed by atoms with Crippen molar-refractivity contribution in [2.75, 3.05) is 0 Å². The van der Waals surface area contributed by atoms with Crippen molar-refractivity contribution in [3.8, 4) is 0 Å². The summed E-state index contributed by atoms with van der Waals surface area (Å²) >= 11 is 0. The maximum atomic E-state index is 12.4. The van der Waals surface area contributed by atoms with Crippen LogP contribution in [0.15, 0.2) is 39.5 Å². The molecule has 4 nitrogen and oxygen atoms in total. The fraction of sp³-hybridized carbons (Fsp3) is 0.412. The monoisotopic (exact) mass is 285 g/mol. The van der Waals surface area contributed by atoms with Gasteiger partial charge in [-0.3, -0.25) is 4.79 Å². The molecule has 21 heavy (non-hydrogen) atoms. The lowest BCUT2D eigenvalue weighted by Crippen LogP contribution is -2.42. The number of benzene rings is 1. The summed E-state index contributed by atoms with van der Waals surface area (Å²) in [7, 11) is 0. The summed E-state index contributed by atoms with van der Waals surface area (Å²) in [4.78, 5) is 24.3. The fourth-order valence-electron chi connectivity index (χ4n) is 3.00. The second kappa shape index (κ2) is 5.72. The van der Waals surface area contributed by atoms with Crippen molar-refractivity contribution < 1.29 is 9.21 Å². The zero-order valence-electron chi connectivity index (χ0n) is 12.1. The first kappa shape index (κ1) is 13.9. The number of para-hydroxylation sites is 1. The van der Waals surface area contributed by atoms with Crippen molar-refractivity contribution in [2.24, 2.45) is 5.92 Å². The second-order valence-electron chi connectivity index (χ2n) is 5.83. The van der Waals surface area contributed by atoms with E-state index in [2.05, 4.69) is 12.2 Å². The standard InChI is InChI=1S/C17H19NO3/c1-11-6-2-4-8-14(11)18-16(19)13-10-12-7-3-5-9-15(12)21-17(13)20/h3,5,7,9-11,14H,2,4,6,8H2,1H3,(H,18,19)/t11-,14-/m1/s1. The Morgan fingerprint density at radius 3 is 2.81 bits per heavy atom. The molecule has 4 heteroatoms. The molecule has 2 atom stereocenters. The highest BCUT2D eigenvalue weighted by molar-refractivity contribution is 5.96. The average molecular weight is 285 g/mol. The predicted molar refractivity (Wildman–Crippen MR) is 81.4 cm³/mol. The number of carbonyl (C=O) groups excluding carboxylic acids is 1. The van der Waals surface area contributed by atoms with E-state index in [1.54, 1.807) is 18.2 Å². The molecular weight excluding hydrogens is 266 g/mol. The zero-order valence-corrected chi connectivity index (χ0v) is 12.1. The van der Waals surface area contributed by atoms with Crippen LogP contribution in [0.1, 0.15) is 43.0 Å². The number of nitrogens with one attached hydrogen (secondary N) is 1. The van der Waals surface area contributed by atoms with Crippen LogP contribution in [-0.4, -0.2) is 11.9 Å². The van der Waals surface area contributed by atoms with E-state index in [4.69, 9.17) is 4.42 Å². The van der Waals surface area contributed by atoms with Gasteiger partial charge in [-0.05, 0) is 30.9 Å². The third-order valence-corrected chi connectivity index (χ3v) is 4.31. The quantitative estimate of drug-likeness (QED) is 0.862. The Morgan fingerprint density at radius 2 is 2.00 bits per heavy atom. The Morgan fingerprint density at radius 1 is 1.24 bits per heavy atom. The topological polar surface area (TPSA) is 59.3 Å². The minimum atomic E-state index is -0.574. The van der Waals surface area contributed by atoms with Crippen molar-refractivity contribution in [1.82, 2.24) is 5.32 Å². The van der Waals surface area contributed by atoms with Gasteiger partial charge in [-0.2, -0.15) is 0 Å². The van der Waals surface area contributed by atoms with Crippen LogP contribution >= 0.6 is 0 Å². The molecular formula is C17H19NO3. The normalized spacial score (nSPS) is 22.1. The summed E-state index contributed by atoms with van der Waals surface area (Å²) < 4.78 is 5.21. The smallest absolute Gasteiger partial charge is 0.349 e. The van der Waals surface area contributed by atoms with Crippen LogP contribution < -0.4 is 10.9 Å². The van der Waals surface area contributed by atoms with Crippen LogP contribution in [0.25, 0.3) is 11.0 Å². The van der Waals surface area contributed by atoms with E-state index >= 15 is 0 Å². The fourth-order valence-corrected chi connectivity index (χ4v) is 3.00. The Labute approximate surface area is 123 Å². The van der Waals surface area contributed by atoms with Gasteiger partial charge in [0.05, 0.1) is 0 Å². The van der Waals surface area contributed by atoms with Gasteiger partial charge >= 0.3 is 5.63 Å². The molecule has 1 fully saturated rings. The van der Waals surface area contributed by atoms with Gasteiger partial charge in [-0.15, -0.1) is 0 Å². The van der Waals surface area contributed by atoms with E-state index in [0.717, 1.165) is 24.6 Å². The zero-order chi connectivity index (χ0) is 14.8. The molecule has 110 valence electrons. The van der Waals surface area contributed by atoms with Gasteiger partial charge in [0.1, 0.15) is 11.1 Å². The van der Waals surface area contributed by atoms with E-state index in [0.29, 0.717) is 11.5 Å². The molecule has 1 aromatic heterocycles. The Balaban J connectivity index is 1.87. The molecule has 0 aliphatic heterocycles. The summed E-state index contributed by atoms with van der Waals surface area (Å²) in [5, 5.41) is 3.75. The molecule has 1 aliphatic carbocycles. The van der Waals surface area contributed by atoms with Crippen molar-refractivity contribution in [3.63, 3.8) is 0 Å². The van der Waals surface area contributed by atoms with Gasteiger partial charge in [0.25, 0.3) is 5.91 Å². The van der Waals surface area contributed by atoms with E-state index in [-0.39, 0.29) is 17.5 Å². The van der Waals surface area contributed by atoms with Crippen LogP contribution in [0, 0.1) is 5.92 Å². The van der Waals surface area contributed by atoms with E-state index in [1.807, 2.05) is 12.1 Å². The van der Waals surface area contributed by atoms with Gasteiger partial charge in [0.15, 0.2) is 0 Å². The molecule has 0 spiro atoms. The lowest BCUT2D eigenvalue weighted by molar-refractivity contribution is 0.0906. The summed E-state index contributed by atoms with van der Waals surface area (Å²) in [5.74, 6) is 0.128. The number of fused-ring (bicyclic) bond motifs is 1. The molecule has 0 bridgehead atoms. The Kier molecular flexibility index (Phi) is 3.78. The average Bonchev–Trinajstić information content (AvgIpc) is 2.49. The molecule has 0 saturated heterocycles. The molecule has 1 aromatic carbocycles. The molecule has 0 radical (unpaired) electrons. The molecule has 0 unspecified atom stereocenters. The highest BCUT2D eigenvalue weighted by atomic mass is 16.4. The first-order valence-corrected chi connectivity index (χ1v) is 7.49. The van der Waals surface area contributed by atoms with Crippen LogP contribution in [0.4, 0.5) is 0 Å². The maximum Gasteiger partial charge on any atom is 0.349 e. The Bertz CT molecular complexity index is 719. The van der Waals surface area contributed by atoms with E-state index < -0.39 is 5.63 Å². The Hall–Kier alpha value is -2.10. The summed E-state index contributed by atoms with van der Waals surface area (Å²) in [6.45, 7) is 2.15. The lowest BCUT2D eigenvalue weighted by atomic mass is 9.86. The summed E-state index contributed by atoms with van der Waals surface area (Å²) in [6.07, 6.45) is 4.44. The number of rotatable bonds is 2. The highest BCUT2D eigenvalue weighted by Gasteiger charge is 2.24. The second-order valence-corrected chi connectivity index (χ2v) is 5.83. The number of hydrogen-bond acceptors (Lipinski definition) is 3. The predicted octanol–water partition coefficient (Wildman–Crippen LogP) is 3.10. The molecule has 1 aliphatic rings. The molecule has 3 rings (SSSR count). The molecule has 1 saturated carbocycles. The number of amides is 1. The van der Waals surface area contributed by atoms with Gasteiger partial charge < -0.3 is 9.73 Å². The largest absolute Gasteiger partial charge is 0.422 e. The van der Waals surface area contributed by atoms with Gasteiger partial charge in [0.2, 0.25) is 0 Å². The number of carbonyl (C=O) groups is 1. The van der Waals surface area contributed by atoms with Gasteiger partial charge in [-0.1, -0.05) is 38.0 Å². The first-order valence-electron chi connectivity index (χ1n) is 7.49. The third-order valence-electron chi connectivity index (χ3n) is 4.31. The van der Waals surface area contributed by atoms with Crippen molar-refractivity contribution >= 4 is 16.9 Å². The molecule has 1 heterocycles. The van der Waals surface area contributed by atoms with Gasteiger partial charge in [-0.25, -0.2) is 4.79 Å². The minimum absolute atomic E-state index is 0.0893. The number of hydrogen-bond donors (Lipinski definition) is 1. The molecule has 1 N–H and O–H groups in total. The SMILES string of the molecule is C[C@@H]1CCCC[C@H]1NC(=O)c1cc2ccccc2oc1=O. The van der Waals surface area contributed by atoms with Crippen LogP contribution in [0.5, 0.6) is 0 Å². The van der Waals surface area contributed by atoms with Crippen LogP contribution in [0.2, 0.25) is 0 Å². The maximum absolute atomic E-state index is 12.4. The van der Waals surface area contributed by atoms with Crippen LogP contribution in [-0.2, 0) is 0 Å². The van der Waals surface area contributed by atoms with Gasteiger partial charge in [0, 0.05) is 11.4 Å². The van der Waals surface area contributed by atoms with Crippen molar-refractivity contribution in [1.29, 1.82) is 0 Å². The first-order chi connectivity index (χ1) is 10.1. The molecule has 1 amide bonds. The highest BCUT2D eigenvalue weighted by Crippen LogP contribution is 2.24. The lowest BCUT2D eigenvalue weighted by Gasteiger charge is -2.29. The van der Waals surface area contributed by atoms with E-state index in [1.165, 1.54) is 6.42 Å². The third kappa shape index (κ3) is 2.84. The summed E-state index contributed by atoms with van der Waals surface area (Å²) in [6, 6.07) is 8.98. The molecule has 2 aromatic rings. The van der Waals surface area contributed by atoms with Crippen molar-refractivity contribution in [2.45, 2.75) is 38.6 Å².